The molecule has 0 aliphatic carbocycles. The minimum atomic E-state index is -3.64. The monoisotopic (exact) mass is 457 g/mol. The van der Waals surface area contributed by atoms with Gasteiger partial charge in [-0.05, 0) is 43.0 Å². The predicted octanol–water partition coefficient (Wildman–Crippen LogP) is 4.24. The molecule has 2 aromatic rings. The van der Waals surface area contributed by atoms with Crippen LogP contribution in [0.1, 0.15) is 61.9 Å². The lowest BCUT2D eigenvalue weighted by Gasteiger charge is -2.24. The molecule has 0 radical (unpaired) electrons. The number of hydrogen-bond acceptors (Lipinski definition) is 4. The van der Waals surface area contributed by atoms with E-state index in [1.165, 1.54) is 9.87 Å². The molecule has 0 spiro atoms. The molecule has 32 heavy (non-hydrogen) atoms. The minimum Gasteiger partial charge on any atom is -0.371 e. The highest BCUT2D eigenvalue weighted by atomic mass is 32.2. The van der Waals surface area contributed by atoms with E-state index in [0.717, 1.165) is 38.0 Å². The van der Waals surface area contributed by atoms with E-state index < -0.39 is 10.0 Å². The normalized spacial score (nSPS) is 15.2. The highest BCUT2D eigenvalue weighted by Gasteiger charge is 2.26. The van der Waals surface area contributed by atoms with Crippen molar-refractivity contribution in [2.75, 3.05) is 37.6 Å². The fourth-order valence-electron chi connectivity index (χ4n) is 4.34. The number of amides is 1. The molecule has 1 fully saturated rings. The SMILES string of the molecule is CCC(CNC(=O)c1cc(S(=O)(=O)N(CC)CC)ccc1N1CCCC1)c1ccccc1. The standard InChI is InChI=1S/C25H35N3O3S/c1-4-20(21-12-8-7-9-13-21)19-26-25(29)23-18-22(32(30,31)28(5-2)6-3)14-15-24(23)27-16-10-11-17-27/h7-9,12-15,18,20H,4-6,10-11,16-17,19H2,1-3H3,(H,26,29). The van der Waals surface area contributed by atoms with Gasteiger partial charge in [0.2, 0.25) is 10.0 Å². The van der Waals surface area contributed by atoms with Crippen LogP contribution in [0, 0.1) is 0 Å². The number of nitrogens with one attached hydrogen (secondary N) is 1. The van der Waals surface area contributed by atoms with Gasteiger partial charge in [-0.3, -0.25) is 4.79 Å². The molecular formula is C25H35N3O3S. The Morgan fingerprint density at radius 2 is 1.69 bits per heavy atom. The van der Waals surface area contributed by atoms with Gasteiger partial charge in [-0.15, -0.1) is 0 Å². The van der Waals surface area contributed by atoms with Gasteiger partial charge in [0.15, 0.2) is 0 Å². The number of benzene rings is 2. The van der Waals surface area contributed by atoms with Gasteiger partial charge in [-0.25, -0.2) is 8.42 Å². The Hall–Kier alpha value is -2.38. The van der Waals surface area contributed by atoms with Crippen molar-refractivity contribution >= 4 is 21.6 Å². The van der Waals surface area contributed by atoms with Crippen LogP contribution in [0.2, 0.25) is 0 Å². The van der Waals surface area contributed by atoms with Crippen LogP contribution in [0.15, 0.2) is 53.4 Å². The largest absolute Gasteiger partial charge is 0.371 e. The molecule has 1 N–H and O–H groups in total. The first-order chi connectivity index (χ1) is 15.4. The van der Waals surface area contributed by atoms with Crippen LogP contribution in [0.4, 0.5) is 5.69 Å². The molecular weight excluding hydrogens is 422 g/mol. The lowest BCUT2D eigenvalue weighted by Crippen LogP contribution is -2.32. The zero-order chi connectivity index (χ0) is 23.1. The van der Waals surface area contributed by atoms with Crippen molar-refractivity contribution in [3.05, 3.63) is 59.7 Å². The molecule has 6 nitrogen and oxygen atoms in total. The number of nitrogens with zero attached hydrogens (tertiary/aromatic N) is 2. The first-order valence-corrected chi connectivity index (χ1v) is 13.1. The molecule has 1 aliphatic rings. The number of hydrogen-bond donors (Lipinski definition) is 1. The highest BCUT2D eigenvalue weighted by Crippen LogP contribution is 2.29. The Balaban J connectivity index is 1.90. The summed E-state index contributed by atoms with van der Waals surface area (Å²) in [5.41, 5.74) is 2.43. The summed E-state index contributed by atoms with van der Waals surface area (Å²) in [5.74, 6) is -0.0177. The minimum absolute atomic E-state index is 0.171. The summed E-state index contributed by atoms with van der Waals surface area (Å²) < 4.78 is 27.6. The third kappa shape index (κ3) is 5.33. The average Bonchev–Trinajstić information content (AvgIpc) is 3.35. The predicted molar refractivity (Wildman–Crippen MR) is 130 cm³/mol. The molecule has 1 aliphatic heterocycles. The zero-order valence-electron chi connectivity index (χ0n) is 19.4. The van der Waals surface area contributed by atoms with Gasteiger partial charge < -0.3 is 10.2 Å². The van der Waals surface area contributed by atoms with Gasteiger partial charge >= 0.3 is 0 Å². The fraction of sp³-hybridized carbons (Fsp3) is 0.480. The molecule has 2 aromatic carbocycles. The molecule has 0 aromatic heterocycles. The van der Waals surface area contributed by atoms with Gasteiger partial charge in [0.05, 0.1) is 10.5 Å². The lowest BCUT2D eigenvalue weighted by molar-refractivity contribution is 0.0951. The third-order valence-electron chi connectivity index (χ3n) is 6.28. The van der Waals surface area contributed by atoms with Gasteiger partial charge in [0.1, 0.15) is 0 Å². The van der Waals surface area contributed by atoms with Crippen molar-refractivity contribution in [3.63, 3.8) is 0 Å². The molecule has 1 unspecified atom stereocenters. The Kier molecular flexibility index (Phi) is 8.32. The van der Waals surface area contributed by atoms with E-state index in [1.54, 1.807) is 18.2 Å². The van der Waals surface area contributed by atoms with E-state index in [9.17, 15) is 13.2 Å². The number of carbonyl (C=O) groups is 1. The van der Waals surface area contributed by atoms with Crippen LogP contribution in [0.25, 0.3) is 0 Å². The van der Waals surface area contributed by atoms with Gasteiger partial charge in [-0.2, -0.15) is 4.31 Å². The molecule has 174 valence electrons. The van der Waals surface area contributed by atoms with E-state index in [1.807, 2.05) is 32.0 Å². The van der Waals surface area contributed by atoms with Crippen LogP contribution in [-0.4, -0.2) is 51.4 Å². The quantitative estimate of drug-likeness (QED) is 0.579. The molecule has 7 heteroatoms. The summed E-state index contributed by atoms with van der Waals surface area (Å²) >= 11 is 0. The van der Waals surface area contributed by atoms with Crippen molar-refractivity contribution in [1.82, 2.24) is 9.62 Å². The molecule has 1 heterocycles. The van der Waals surface area contributed by atoms with Crippen LogP contribution in [-0.2, 0) is 10.0 Å². The maximum atomic E-state index is 13.3. The third-order valence-corrected chi connectivity index (χ3v) is 8.32. The van der Waals surface area contributed by atoms with Crippen LogP contribution >= 0.6 is 0 Å². The van der Waals surface area contributed by atoms with E-state index in [-0.39, 0.29) is 16.7 Å². The summed E-state index contributed by atoms with van der Waals surface area (Å²) in [4.78, 5) is 15.7. The van der Waals surface area contributed by atoms with Crippen molar-refractivity contribution in [2.24, 2.45) is 0 Å². The van der Waals surface area contributed by atoms with Crippen molar-refractivity contribution in [3.8, 4) is 0 Å². The molecule has 0 saturated carbocycles. The Morgan fingerprint density at radius 3 is 2.28 bits per heavy atom. The second-order valence-electron chi connectivity index (χ2n) is 8.19. The Labute approximate surface area is 192 Å². The Bertz CT molecular complexity index is 998. The molecule has 3 rings (SSSR count). The second kappa shape index (κ2) is 11.0. The maximum absolute atomic E-state index is 13.3. The van der Waals surface area contributed by atoms with Gasteiger partial charge in [0.25, 0.3) is 5.91 Å². The summed E-state index contributed by atoms with van der Waals surface area (Å²) in [7, 11) is -3.64. The highest BCUT2D eigenvalue weighted by molar-refractivity contribution is 7.89. The van der Waals surface area contributed by atoms with E-state index in [0.29, 0.717) is 25.2 Å². The number of carbonyl (C=O) groups excluding carboxylic acids is 1. The molecule has 1 saturated heterocycles. The number of anilines is 1. The lowest BCUT2D eigenvalue weighted by atomic mass is 9.96. The van der Waals surface area contributed by atoms with Crippen molar-refractivity contribution in [2.45, 2.75) is 50.8 Å². The second-order valence-corrected chi connectivity index (χ2v) is 10.1. The summed E-state index contributed by atoms with van der Waals surface area (Å²) in [6.07, 6.45) is 3.05. The Morgan fingerprint density at radius 1 is 1.03 bits per heavy atom. The van der Waals surface area contributed by atoms with Crippen molar-refractivity contribution in [1.29, 1.82) is 0 Å². The topological polar surface area (TPSA) is 69.7 Å². The summed E-state index contributed by atoms with van der Waals surface area (Å²) in [5, 5.41) is 3.07. The number of rotatable bonds is 10. The zero-order valence-corrected chi connectivity index (χ0v) is 20.2. The van der Waals surface area contributed by atoms with Crippen LogP contribution in [0.5, 0.6) is 0 Å². The van der Waals surface area contributed by atoms with Crippen LogP contribution < -0.4 is 10.2 Å². The first kappa shape index (κ1) is 24.3. The van der Waals surface area contributed by atoms with Gasteiger partial charge in [0, 0.05) is 44.3 Å². The van der Waals surface area contributed by atoms with Crippen LogP contribution in [0.3, 0.4) is 0 Å². The number of sulfonamides is 1. The van der Waals surface area contributed by atoms with Gasteiger partial charge in [-0.1, -0.05) is 51.1 Å². The first-order valence-electron chi connectivity index (χ1n) is 11.6. The van der Waals surface area contributed by atoms with E-state index in [2.05, 4.69) is 29.3 Å². The molecule has 0 bridgehead atoms. The fourth-order valence-corrected chi connectivity index (χ4v) is 5.82. The molecule has 1 amide bonds. The average molecular weight is 458 g/mol. The van der Waals surface area contributed by atoms with Crippen molar-refractivity contribution < 1.29 is 13.2 Å². The smallest absolute Gasteiger partial charge is 0.253 e. The summed E-state index contributed by atoms with van der Waals surface area (Å²) in [6.45, 7) is 8.80. The van der Waals surface area contributed by atoms with E-state index >= 15 is 0 Å². The maximum Gasteiger partial charge on any atom is 0.253 e. The summed E-state index contributed by atoms with van der Waals surface area (Å²) in [6, 6.07) is 15.1. The van der Waals surface area contributed by atoms with E-state index in [4.69, 9.17) is 0 Å². The molecule has 1 atom stereocenters.